The molecular formula is C10H13ClN4S. The minimum Gasteiger partial charge on any atom is -0.275 e. The number of hydrogen-bond acceptors (Lipinski definition) is 4. The lowest BCUT2D eigenvalue weighted by molar-refractivity contribution is 0.643. The van der Waals surface area contributed by atoms with Crippen molar-refractivity contribution in [2.24, 2.45) is 12.9 Å². The number of rotatable bonds is 3. The third kappa shape index (κ3) is 2.12. The van der Waals surface area contributed by atoms with E-state index in [0.717, 1.165) is 20.5 Å². The first kappa shape index (κ1) is 11.6. The monoisotopic (exact) mass is 256 g/mol. The zero-order chi connectivity index (χ0) is 11.7. The second-order valence-corrected chi connectivity index (χ2v) is 5.33. The maximum atomic E-state index is 5.92. The minimum atomic E-state index is -0.0498. The Balaban J connectivity index is 2.40. The van der Waals surface area contributed by atoms with E-state index in [-0.39, 0.29) is 6.04 Å². The molecular weight excluding hydrogens is 244 g/mol. The maximum Gasteiger partial charge on any atom is 0.0931 e. The van der Waals surface area contributed by atoms with E-state index in [4.69, 9.17) is 17.4 Å². The lowest BCUT2D eigenvalue weighted by Crippen LogP contribution is -2.28. The summed E-state index contributed by atoms with van der Waals surface area (Å²) in [5.41, 5.74) is 4.84. The van der Waals surface area contributed by atoms with Crippen LogP contribution in [0.1, 0.15) is 22.2 Å². The Hall–Kier alpha value is -0.880. The zero-order valence-corrected chi connectivity index (χ0v) is 10.6. The predicted octanol–water partition coefficient (Wildman–Crippen LogP) is 2.00. The van der Waals surface area contributed by atoms with Crippen molar-refractivity contribution in [2.75, 3.05) is 0 Å². The van der Waals surface area contributed by atoms with Gasteiger partial charge in [-0.2, -0.15) is 5.10 Å². The fourth-order valence-electron chi connectivity index (χ4n) is 1.71. The Morgan fingerprint density at radius 3 is 2.75 bits per heavy atom. The standard InChI is InChI=1S/C10H13ClN4S/c1-6-7(5-15(2)14-6)10(13-12)8-3-4-9(11)16-8/h3-5,10,13H,12H2,1-2H3. The van der Waals surface area contributed by atoms with E-state index in [2.05, 4.69) is 10.5 Å². The first-order chi connectivity index (χ1) is 7.61. The van der Waals surface area contributed by atoms with Gasteiger partial charge in [0.25, 0.3) is 0 Å². The van der Waals surface area contributed by atoms with Crippen molar-refractivity contribution in [3.05, 3.63) is 38.8 Å². The molecule has 0 saturated heterocycles. The van der Waals surface area contributed by atoms with E-state index in [1.165, 1.54) is 11.3 Å². The fourth-order valence-corrected chi connectivity index (χ4v) is 2.85. The molecule has 2 aromatic heterocycles. The Morgan fingerprint density at radius 1 is 1.56 bits per heavy atom. The summed E-state index contributed by atoms with van der Waals surface area (Å²) in [6, 6.07) is 3.80. The van der Waals surface area contributed by atoms with Gasteiger partial charge in [-0.3, -0.25) is 10.5 Å². The molecule has 0 saturated carbocycles. The average molecular weight is 257 g/mol. The van der Waals surface area contributed by atoms with Crippen molar-refractivity contribution in [1.29, 1.82) is 0 Å². The van der Waals surface area contributed by atoms with Crippen LogP contribution in [0.4, 0.5) is 0 Å². The largest absolute Gasteiger partial charge is 0.275 e. The second kappa shape index (κ2) is 4.55. The number of halogens is 1. The zero-order valence-electron chi connectivity index (χ0n) is 9.07. The molecule has 4 nitrogen and oxygen atoms in total. The van der Waals surface area contributed by atoms with Crippen molar-refractivity contribution >= 4 is 22.9 Å². The molecule has 0 fully saturated rings. The van der Waals surface area contributed by atoms with Crippen molar-refractivity contribution in [1.82, 2.24) is 15.2 Å². The van der Waals surface area contributed by atoms with Crippen LogP contribution in [0.3, 0.4) is 0 Å². The highest BCUT2D eigenvalue weighted by Crippen LogP contribution is 2.31. The molecule has 3 N–H and O–H groups in total. The van der Waals surface area contributed by atoms with E-state index in [1.54, 1.807) is 4.68 Å². The normalized spacial score (nSPS) is 13.0. The third-order valence-corrected chi connectivity index (χ3v) is 3.70. The molecule has 2 rings (SSSR count). The van der Waals surface area contributed by atoms with Gasteiger partial charge in [0.2, 0.25) is 0 Å². The molecule has 0 aliphatic carbocycles. The van der Waals surface area contributed by atoms with Gasteiger partial charge in [-0.15, -0.1) is 11.3 Å². The molecule has 16 heavy (non-hydrogen) atoms. The van der Waals surface area contributed by atoms with Crippen molar-refractivity contribution < 1.29 is 0 Å². The number of nitrogens with one attached hydrogen (secondary N) is 1. The topological polar surface area (TPSA) is 55.9 Å². The number of thiophene rings is 1. The van der Waals surface area contributed by atoms with Gasteiger partial charge in [0, 0.05) is 23.7 Å². The highest BCUT2D eigenvalue weighted by Gasteiger charge is 2.18. The van der Waals surface area contributed by atoms with E-state index in [9.17, 15) is 0 Å². The summed E-state index contributed by atoms with van der Waals surface area (Å²) in [5, 5.41) is 4.30. The predicted molar refractivity (Wildman–Crippen MR) is 66.4 cm³/mol. The molecule has 0 spiro atoms. The van der Waals surface area contributed by atoms with E-state index >= 15 is 0 Å². The van der Waals surface area contributed by atoms with Gasteiger partial charge >= 0.3 is 0 Å². The first-order valence-corrected chi connectivity index (χ1v) is 6.02. The van der Waals surface area contributed by atoms with Crippen LogP contribution in [0.2, 0.25) is 4.34 Å². The lowest BCUT2D eigenvalue weighted by Gasteiger charge is -2.12. The molecule has 0 aliphatic rings. The number of hydrazine groups is 1. The molecule has 0 radical (unpaired) electrons. The van der Waals surface area contributed by atoms with Crippen LogP contribution in [0.15, 0.2) is 18.3 Å². The molecule has 0 aliphatic heterocycles. The maximum absolute atomic E-state index is 5.92. The SMILES string of the molecule is Cc1nn(C)cc1C(NN)c1ccc(Cl)s1. The van der Waals surface area contributed by atoms with Gasteiger partial charge in [0.15, 0.2) is 0 Å². The molecule has 2 aromatic rings. The Morgan fingerprint density at radius 2 is 2.31 bits per heavy atom. The number of hydrogen-bond donors (Lipinski definition) is 2. The Labute approximate surface area is 103 Å². The summed E-state index contributed by atoms with van der Waals surface area (Å²) < 4.78 is 2.54. The van der Waals surface area contributed by atoms with Crippen LogP contribution in [0, 0.1) is 6.92 Å². The van der Waals surface area contributed by atoms with Crippen molar-refractivity contribution in [3.8, 4) is 0 Å². The van der Waals surface area contributed by atoms with E-state index < -0.39 is 0 Å². The van der Waals surface area contributed by atoms with Crippen LogP contribution in [0.5, 0.6) is 0 Å². The van der Waals surface area contributed by atoms with Gasteiger partial charge in [0.05, 0.1) is 16.1 Å². The number of aromatic nitrogens is 2. The number of aryl methyl sites for hydroxylation is 2. The lowest BCUT2D eigenvalue weighted by atomic mass is 10.1. The van der Waals surface area contributed by atoms with Crippen molar-refractivity contribution in [2.45, 2.75) is 13.0 Å². The third-order valence-electron chi connectivity index (χ3n) is 2.41. The Kier molecular flexibility index (Phi) is 3.30. The van der Waals surface area contributed by atoms with Gasteiger partial charge < -0.3 is 0 Å². The quantitative estimate of drug-likeness (QED) is 0.652. The molecule has 0 bridgehead atoms. The van der Waals surface area contributed by atoms with E-state index in [0.29, 0.717) is 0 Å². The van der Waals surface area contributed by atoms with Gasteiger partial charge in [-0.05, 0) is 19.1 Å². The van der Waals surface area contributed by atoms with Crippen LogP contribution in [-0.4, -0.2) is 9.78 Å². The molecule has 86 valence electrons. The molecule has 1 unspecified atom stereocenters. The average Bonchev–Trinajstić information content (AvgIpc) is 2.76. The molecule has 6 heteroatoms. The second-order valence-electron chi connectivity index (χ2n) is 3.59. The van der Waals surface area contributed by atoms with Crippen LogP contribution >= 0.6 is 22.9 Å². The molecule has 2 heterocycles. The summed E-state index contributed by atoms with van der Waals surface area (Å²) in [4.78, 5) is 1.09. The van der Waals surface area contributed by atoms with Crippen LogP contribution in [0.25, 0.3) is 0 Å². The number of nitrogens with two attached hydrogens (primary N) is 1. The first-order valence-electron chi connectivity index (χ1n) is 4.83. The van der Waals surface area contributed by atoms with Crippen molar-refractivity contribution in [3.63, 3.8) is 0 Å². The smallest absolute Gasteiger partial charge is 0.0931 e. The summed E-state index contributed by atoms with van der Waals surface area (Å²) in [5.74, 6) is 5.60. The number of nitrogens with zero attached hydrogens (tertiary/aromatic N) is 2. The van der Waals surface area contributed by atoms with Gasteiger partial charge in [-0.1, -0.05) is 11.6 Å². The molecule has 1 atom stereocenters. The van der Waals surface area contributed by atoms with Crippen LogP contribution in [-0.2, 0) is 7.05 Å². The Bertz CT molecular complexity index is 491. The summed E-state index contributed by atoms with van der Waals surface area (Å²) in [6.07, 6.45) is 1.97. The molecule has 0 amide bonds. The van der Waals surface area contributed by atoms with Gasteiger partial charge in [-0.25, -0.2) is 5.43 Å². The van der Waals surface area contributed by atoms with E-state index in [1.807, 2.05) is 32.3 Å². The summed E-state index contributed by atoms with van der Waals surface area (Å²) in [6.45, 7) is 1.97. The highest BCUT2D eigenvalue weighted by atomic mass is 35.5. The summed E-state index contributed by atoms with van der Waals surface area (Å²) >= 11 is 7.44. The fraction of sp³-hybridized carbons (Fsp3) is 0.300. The highest BCUT2D eigenvalue weighted by molar-refractivity contribution is 7.16. The minimum absolute atomic E-state index is 0.0498. The van der Waals surface area contributed by atoms with Gasteiger partial charge in [0.1, 0.15) is 0 Å². The summed E-state index contributed by atoms with van der Waals surface area (Å²) in [7, 11) is 1.89. The molecule has 0 aromatic carbocycles. The van der Waals surface area contributed by atoms with Crippen LogP contribution < -0.4 is 11.3 Å².